The van der Waals surface area contributed by atoms with Gasteiger partial charge in [0.05, 0.1) is 11.8 Å². The summed E-state index contributed by atoms with van der Waals surface area (Å²) >= 11 is 0. The molecule has 1 amide bonds. The number of aryl methyl sites for hydroxylation is 1. The van der Waals surface area contributed by atoms with Crippen molar-refractivity contribution >= 4 is 11.6 Å². The van der Waals surface area contributed by atoms with Gasteiger partial charge in [0.2, 0.25) is 5.91 Å². The largest absolute Gasteiger partial charge is 0.491 e. The van der Waals surface area contributed by atoms with Crippen LogP contribution >= 0.6 is 0 Å². The van der Waals surface area contributed by atoms with Gasteiger partial charge in [0.1, 0.15) is 17.9 Å². The van der Waals surface area contributed by atoms with E-state index in [0.29, 0.717) is 6.42 Å². The summed E-state index contributed by atoms with van der Waals surface area (Å²) in [6.07, 6.45) is 5.58. The molecule has 0 radical (unpaired) electrons. The van der Waals surface area contributed by atoms with Crippen molar-refractivity contribution in [3.05, 3.63) is 72.6 Å². The van der Waals surface area contributed by atoms with Crippen molar-refractivity contribution in [3.63, 3.8) is 0 Å². The molecule has 1 aromatic heterocycles. The van der Waals surface area contributed by atoms with E-state index in [-0.39, 0.29) is 24.1 Å². The standard InChI is InChI=1S/C22H22FN3O2/c1-15(2)28-19-7-4-17(5-8-19)18-6-9-21(20(23)11-18)26-22(27)10-3-16-12-24-14-25-13-16/h4-9,11-15H,3,10H2,1-2H3,(H,26,27). The molecule has 0 fully saturated rings. The Kier molecular flexibility index (Phi) is 6.32. The van der Waals surface area contributed by atoms with Gasteiger partial charge in [0.25, 0.3) is 0 Å². The molecule has 28 heavy (non-hydrogen) atoms. The first-order valence-corrected chi connectivity index (χ1v) is 9.11. The highest BCUT2D eigenvalue weighted by atomic mass is 19.1. The van der Waals surface area contributed by atoms with Gasteiger partial charge in [-0.25, -0.2) is 14.4 Å². The fourth-order valence-electron chi connectivity index (χ4n) is 2.72. The van der Waals surface area contributed by atoms with Crippen LogP contribution < -0.4 is 10.1 Å². The molecule has 0 unspecified atom stereocenters. The predicted molar refractivity (Wildman–Crippen MR) is 107 cm³/mol. The van der Waals surface area contributed by atoms with Gasteiger partial charge in [-0.3, -0.25) is 4.79 Å². The molecule has 1 N–H and O–H groups in total. The minimum absolute atomic E-state index is 0.0978. The molecule has 0 atom stereocenters. The summed E-state index contributed by atoms with van der Waals surface area (Å²) in [4.78, 5) is 19.9. The zero-order chi connectivity index (χ0) is 19.9. The first kappa shape index (κ1) is 19.5. The van der Waals surface area contributed by atoms with Gasteiger partial charge < -0.3 is 10.1 Å². The lowest BCUT2D eigenvalue weighted by Crippen LogP contribution is -2.13. The average molecular weight is 379 g/mol. The third-order valence-corrected chi connectivity index (χ3v) is 4.06. The van der Waals surface area contributed by atoms with Crippen molar-refractivity contribution in [2.24, 2.45) is 0 Å². The second-order valence-electron chi connectivity index (χ2n) is 6.68. The van der Waals surface area contributed by atoms with Crippen LogP contribution in [0.4, 0.5) is 10.1 Å². The van der Waals surface area contributed by atoms with Crippen LogP contribution in [0.3, 0.4) is 0 Å². The molecule has 2 aromatic carbocycles. The summed E-state index contributed by atoms with van der Waals surface area (Å²) < 4.78 is 20.1. The summed E-state index contributed by atoms with van der Waals surface area (Å²) in [6, 6.07) is 12.2. The van der Waals surface area contributed by atoms with E-state index in [4.69, 9.17) is 4.74 Å². The topological polar surface area (TPSA) is 64.1 Å². The van der Waals surface area contributed by atoms with Gasteiger partial charge in [0.15, 0.2) is 0 Å². The Labute approximate surface area is 163 Å². The monoisotopic (exact) mass is 379 g/mol. The van der Waals surface area contributed by atoms with Crippen molar-refractivity contribution in [2.45, 2.75) is 32.8 Å². The predicted octanol–water partition coefficient (Wildman–Crippen LogP) is 4.64. The number of hydrogen-bond donors (Lipinski definition) is 1. The van der Waals surface area contributed by atoms with Crippen molar-refractivity contribution in [2.75, 3.05) is 5.32 Å². The molecule has 144 valence electrons. The Hall–Kier alpha value is -3.28. The Morgan fingerprint density at radius 3 is 2.39 bits per heavy atom. The van der Waals surface area contributed by atoms with Crippen LogP contribution in [-0.2, 0) is 11.2 Å². The lowest BCUT2D eigenvalue weighted by molar-refractivity contribution is -0.116. The molecule has 0 aliphatic carbocycles. The van der Waals surface area contributed by atoms with E-state index in [9.17, 15) is 9.18 Å². The Morgan fingerprint density at radius 2 is 1.75 bits per heavy atom. The first-order valence-electron chi connectivity index (χ1n) is 9.11. The second-order valence-corrected chi connectivity index (χ2v) is 6.68. The highest BCUT2D eigenvalue weighted by Crippen LogP contribution is 2.26. The van der Waals surface area contributed by atoms with Crippen LogP contribution in [0.5, 0.6) is 5.75 Å². The Balaban J connectivity index is 1.62. The van der Waals surface area contributed by atoms with Gasteiger partial charge >= 0.3 is 0 Å². The molecular formula is C22H22FN3O2. The molecule has 5 nitrogen and oxygen atoms in total. The highest BCUT2D eigenvalue weighted by molar-refractivity contribution is 5.91. The van der Waals surface area contributed by atoms with Gasteiger partial charge in [-0.1, -0.05) is 18.2 Å². The fraction of sp³-hybridized carbons (Fsp3) is 0.227. The van der Waals surface area contributed by atoms with Crippen LogP contribution in [-0.4, -0.2) is 22.0 Å². The van der Waals surface area contributed by atoms with Crippen molar-refractivity contribution in [1.29, 1.82) is 0 Å². The van der Waals surface area contributed by atoms with Gasteiger partial charge in [-0.05, 0) is 61.2 Å². The van der Waals surface area contributed by atoms with Gasteiger partial charge in [-0.2, -0.15) is 0 Å². The van der Waals surface area contributed by atoms with E-state index in [1.165, 1.54) is 12.4 Å². The number of hydrogen-bond acceptors (Lipinski definition) is 4. The van der Waals surface area contributed by atoms with E-state index in [1.807, 2.05) is 38.1 Å². The summed E-state index contributed by atoms with van der Waals surface area (Å²) in [7, 11) is 0. The molecule has 3 aromatic rings. The Bertz CT molecular complexity index is 928. The highest BCUT2D eigenvalue weighted by Gasteiger charge is 2.10. The minimum Gasteiger partial charge on any atom is -0.491 e. The van der Waals surface area contributed by atoms with Crippen LogP contribution in [0.15, 0.2) is 61.2 Å². The van der Waals surface area contributed by atoms with Gasteiger partial charge in [-0.15, -0.1) is 0 Å². The lowest BCUT2D eigenvalue weighted by atomic mass is 10.0. The number of rotatable bonds is 7. The third-order valence-electron chi connectivity index (χ3n) is 4.06. The van der Waals surface area contributed by atoms with Crippen molar-refractivity contribution in [1.82, 2.24) is 9.97 Å². The SMILES string of the molecule is CC(C)Oc1ccc(-c2ccc(NC(=O)CCc3cncnc3)c(F)c2)cc1. The van der Waals surface area contributed by atoms with E-state index < -0.39 is 5.82 Å². The quantitative estimate of drug-likeness (QED) is 0.649. The van der Waals surface area contributed by atoms with E-state index in [0.717, 1.165) is 22.4 Å². The maximum absolute atomic E-state index is 14.5. The minimum atomic E-state index is -0.476. The van der Waals surface area contributed by atoms with Gasteiger partial charge in [0, 0.05) is 18.8 Å². The average Bonchev–Trinajstić information content (AvgIpc) is 2.69. The van der Waals surface area contributed by atoms with E-state index >= 15 is 0 Å². The summed E-state index contributed by atoms with van der Waals surface area (Å²) in [5.41, 5.74) is 2.63. The summed E-state index contributed by atoms with van der Waals surface area (Å²) in [5.74, 6) is 0.0361. The maximum Gasteiger partial charge on any atom is 0.224 e. The first-order chi connectivity index (χ1) is 13.5. The molecule has 1 heterocycles. The number of nitrogens with zero attached hydrogens (tertiary/aromatic N) is 2. The number of carbonyl (C=O) groups is 1. The molecule has 0 bridgehead atoms. The number of amides is 1. The van der Waals surface area contributed by atoms with Crippen LogP contribution in [0.2, 0.25) is 0 Å². The Morgan fingerprint density at radius 1 is 1.07 bits per heavy atom. The molecule has 0 spiro atoms. The molecule has 0 saturated carbocycles. The fourth-order valence-corrected chi connectivity index (χ4v) is 2.72. The molecule has 3 rings (SSSR count). The lowest BCUT2D eigenvalue weighted by Gasteiger charge is -2.11. The second kappa shape index (κ2) is 9.08. The van der Waals surface area contributed by atoms with Crippen molar-refractivity contribution < 1.29 is 13.9 Å². The summed E-state index contributed by atoms with van der Waals surface area (Å²) in [6.45, 7) is 3.92. The molecule has 0 aliphatic heterocycles. The van der Waals surface area contributed by atoms with E-state index in [1.54, 1.807) is 24.5 Å². The maximum atomic E-state index is 14.5. The number of aromatic nitrogens is 2. The number of benzene rings is 2. The van der Waals surface area contributed by atoms with Crippen molar-refractivity contribution in [3.8, 4) is 16.9 Å². The molecule has 0 saturated heterocycles. The van der Waals surface area contributed by atoms with Crippen LogP contribution in [0, 0.1) is 5.82 Å². The number of halogens is 1. The number of anilines is 1. The molecule has 0 aliphatic rings. The zero-order valence-electron chi connectivity index (χ0n) is 15.9. The molecule has 6 heteroatoms. The molecular weight excluding hydrogens is 357 g/mol. The number of nitrogens with one attached hydrogen (secondary N) is 1. The van der Waals surface area contributed by atoms with Crippen LogP contribution in [0.25, 0.3) is 11.1 Å². The van der Waals surface area contributed by atoms with Crippen LogP contribution in [0.1, 0.15) is 25.8 Å². The normalized spacial score (nSPS) is 10.7. The van der Waals surface area contributed by atoms with E-state index in [2.05, 4.69) is 15.3 Å². The third kappa shape index (κ3) is 5.36. The summed E-state index contributed by atoms with van der Waals surface area (Å²) in [5, 5.41) is 2.62. The number of ether oxygens (including phenoxy) is 1. The smallest absolute Gasteiger partial charge is 0.224 e. The number of carbonyl (C=O) groups excluding carboxylic acids is 1. The zero-order valence-corrected chi connectivity index (χ0v) is 15.9.